The van der Waals surface area contributed by atoms with Gasteiger partial charge in [0, 0.05) is 5.56 Å². The van der Waals surface area contributed by atoms with Gasteiger partial charge < -0.3 is 10.4 Å². The summed E-state index contributed by atoms with van der Waals surface area (Å²) in [6, 6.07) is 13.4. The van der Waals surface area contributed by atoms with E-state index in [9.17, 15) is 10.4 Å². The molecule has 1 unspecified atom stereocenters. The molecule has 0 fully saturated rings. The topological polar surface area (TPSA) is 56.0 Å². The van der Waals surface area contributed by atoms with E-state index in [1.807, 2.05) is 51.1 Å². The normalized spacial score (nSPS) is 11.7. The number of rotatable bonds is 3. The highest BCUT2D eigenvalue weighted by Gasteiger charge is 2.13. The smallest absolute Gasteiger partial charge is 0.120 e. The van der Waals surface area contributed by atoms with Gasteiger partial charge in [-0.1, -0.05) is 29.8 Å². The summed E-state index contributed by atoms with van der Waals surface area (Å²) in [6.45, 7) is 5.87. The molecule has 0 aliphatic carbocycles. The van der Waals surface area contributed by atoms with Gasteiger partial charge >= 0.3 is 0 Å². The van der Waals surface area contributed by atoms with Crippen LogP contribution in [-0.2, 0) is 0 Å². The first-order valence-electron chi connectivity index (χ1n) is 6.58. The Bertz CT molecular complexity index is 671. The third-order valence-corrected chi connectivity index (χ3v) is 3.41. The summed E-state index contributed by atoms with van der Waals surface area (Å²) >= 11 is 0. The Kier molecular flexibility index (Phi) is 3.95. The van der Waals surface area contributed by atoms with Crippen LogP contribution in [0.4, 0.5) is 5.69 Å². The quantitative estimate of drug-likeness (QED) is 0.881. The number of anilines is 1. The van der Waals surface area contributed by atoms with E-state index in [1.54, 1.807) is 6.07 Å². The molecule has 0 aromatic heterocycles. The van der Waals surface area contributed by atoms with E-state index in [-0.39, 0.29) is 11.8 Å². The van der Waals surface area contributed by atoms with E-state index in [0.29, 0.717) is 5.56 Å². The molecule has 20 heavy (non-hydrogen) atoms. The standard InChI is InChI=1S/C17H18N2O/c1-11-7-8-17(20)14(9-11)13(3)19-16-6-4-5-12(2)15(16)10-18/h4-9,13,19-20H,1-3H3. The fourth-order valence-electron chi connectivity index (χ4n) is 2.27. The first-order chi connectivity index (χ1) is 9.52. The number of hydrogen-bond donors (Lipinski definition) is 2. The molecule has 0 saturated heterocycles. The fraction of sp³-hybridized carbons (Fsp3) is 0.235. The van der Waals surface area contributed by atoms with Gasteiger partial charge in [0.2, 0.25) is 0 Å². The Labute approximate surface area is 119 Å². The van der Waals surface area contributed by atoms with Gasteiger partial charge in [-0.3, -0.25) is 0 Å². The highest BCUT2D eigenvalue weighted by atomic mass is 16.3. The molecular formula is C17H18N2O. The Morgan fingerprint density at radius 3 is 2.65 bits per heavy atom. The average Bonchev–Trinajstić information content (AvgIpc) is 2.41. The summed E-state index contributed by atoms with van der Waals surface area (Å²) in [5.41, 5.74) is 4.30. The van der Waals surface area contributed by atoms with E-state index < -0.39 is 0 Å². The van der Waals surface area contributed by atoms with Crippen molar-refractivity contribution >= 4 is 5.69 Å². The van der Waals surface area contributed by atoms with Crippen LogP contribution in [0.5, 0.6) is 5.75 Å². The lowest BCUT2D eigenvalue weighted by atomic mass is 10.0. The molecule has 0 radical (unpaired) electrons. The third kappa shape index (κ3) is 2.75. The van der Waals surface area contributed by atoms with Crippen molar-refractivity contribution in [1.29, 1.82) is 5.26 Å². The molecule has 0 heterocycles. The molecule has 2 aromatic rings. The highest BCUT2D eigenvalue weighted by molar-refractivity contribution is 5.61. The number of hydrogen-bond acceptors (Lipinski definition) is 3. The maximum absolute atomic E-state index is 9.96. The summed E-state index contributed by atoms with van der Waals surface area (Å²) in [7, 11) is 0. The molecule has 3 heteroatoms. The van der Waals surface area contributed by atoms with Gasteiger partial charge in [-0.05, 0) is 38.5 Å². The number of benzene rings is 2. The fourth-order valence-corrected chi connectivity index (χ4v) is 2.27. The third-order valence-electron chi connectivity index (χ3n) is 3.41. The van der Waals surface area contributed by atoms with Gasteiger partial charge in [0.25, 0.3) is 0 Å². The molecule has 3 nitrogen and oxygen atoms in total. The Hall–Kier alpha value is -2.47. The highest BCUT2D eigenvalue weighted by Crippen LogP contribution is 2.29. The summed E-state index contributed by atoms with van der Waals surface area (Å²) < 4.78 is 0. The van der Waals surface area contributed by atoms with Gasteiger partial charge in [-0.15, -0.1) is 0 Å². The molecule has 2 rings (SSSR count). The van der Waals surface area contributed by atoms with Crippen molar-refractivity contribution in [2.45, 2.75) is 26.8 Å². The number of phenolic OH excluding ortho intramolecular Hbond substituents is 1. The predicted molar refractivity (Wildman–Crippen MR) is 80.8 cm³/mol. The zero-order valence-electron chi connectivity index (χ0n) is 11.9. The Morgan fingerprint density at radius 2 is 1.95 bits per heavy atom. The molecule has 102 valence electrons. The number of nitriles is 1. The Morgan fingerprint density at radius 1 is 1.20 bits per heavy atom. The SMILES string of the molecule is Cc1ccc(O)c(C(C)Nc2cccc(C)c2C#N)c1. The van der Waals surface area contributed by atoms with Gasteiger partial charge in [-0.2, -0.15) is 5.26 Å². The van der Waals surface area contributed by atoms with Crippen molar-refractivity contribution in [2.24, 2.45) is 0 Å². The van der Waals surface area contributed by atoms with Crippen molar-refractivity contribution in [1.82, 2.24) is 0 Å². The van der Waals surface area contributed by atoms with Gasteiger partial charge in [-0.25, -0.2) is 0 Å². The van der Waals surface area contributed by atoms with E-state index in [2.05, 4.69) is 11.4 Å². The molecule has 1 atom stereocenters. The van der Waals surface area contributed by atoms with Crippen LogP contribution < -0.4 is 5.32 Å². The zero-order chi connectivity index (χ0) is 14.7. The van der Waals surface area contributed by atoms with Crippen LogP contribution in [0.25, 0.3) is 0 Å². The van der Waals surface area contributed by atoms with Crippen molar-refractivity contribution < 1.29 is 5.11 Å². The van der Waals surface area contributed by atoms with Crippen LogP contribution >= 0.6 is 0 Å². The zero-order valence-corrected chi connectivity index (χ0v) is 11.9. The predicted octanol–water partition coefficient (Wildman–Crippen LogP) is 4.05. The Balaban J connectivity index is 2.33. The van der Waals surface area contributed by atoms with E-state index in [4.69, 9.17) is 0 Å². The number of nitrogens with zero attached hydrogens (tertiary/aromatic N) is 1. The summed E-state index contributed by atoms with van der Waals surface area (Å²) in [5.74, 6) is 0.266. The van der Waals surface area contributed by atoms with Gasteiger partial charge in [0.1, 0.15) is 11.8 Å². The maximum atomic E-state index is 9.96. The van der Waals surface area contributed by atoms with Crippen molar-refractivity contribution in [2.75, 3.05) is 5.32 Å². The molecular weight excluding hydrogens is 248 g/mol. The number of aromatic hydroxyl groups is 1. The largest absolute Gasteiger partial charge is 0.508 e. The lowest BCUT2D eigenvalue weighted by Gasteiger charge is -2.19. The van der Waals surface area contributed by atoms with E-state index in [1.165, 1.54) is 0 Å². The second kappa shape index (κ2) is 5.66. The first kappa shape index (κ1) is 14.0. The minimum absolute atomic E-state index is 0.0798. The molecule has 0 saturated carbocycles. The second-order valence-corrected chi connectivity index (χ2v) is 5.04. The summed E-state index contributed by atoms with van der Waals surface area (Å²) in [5, 5.41) is 22.5. The summed E-state index contributed by atoms with van der Waals surface area (Å²) in [4.78, 5) is 0. The van der Waals surface area contributed by atoms with Crippen LogP contribution in [0.2, 0.25) is 0 Å². The monoisotopic (exact) mass is 266 g/mol. The number of nitrogens with one attached hydrogen (secondary N) is 1. The first-order valence-corrected chi connectivity index (χ1v) is 6.58. The second-order valence-electron chi connectivity index (χ2n) is 5.04. The molecule has 0 aliphatic heterocycles. The molecule has 2 N–H and O–H groups in total. The van der Waals surface area contributed by atoms with E-state index >= 15 is 0 Å². The molecule has 2 aromatic carbocycles. The minimum Gasteiger partial charge on any atom is -0.508 e. The molecule has 0 bridgehead atoms. The number of aryl methyl sites for hydroxylation is 2. The van der Waals surface area contributed by atoms with Crippen molar-refractivity contribution in [3.05, 3.63) is 58.7 Å². The van der Waals surface area contributed by atoms with Gasteiger partial charge in [0.05, 0.1) is 17.3 Å². The van der Waals surface area contributed by atoms with Crippen molar-refractivity contribution in [3.63, 3.8) is 0 Å². The number of phenols is 1. The van der Waals surface area contributed by atoms with Crippen LogP contribution in [-0.4, -0.2) is 5.11 Å². The van der Waals surface area contributed by atoms with Crippen LogP contribution in [0, 0.1) is 25.2 Å². The maximum Gasteiger partial charge on any atom is 0.120 e. The molecule has 0 spiro atoms. The lowest BCUT2D eigenvalue weighted by molar-refractivity contribution is 0.465. The van der Waals surface area contributed by atoms with Gasteiger partial charge in [0.15, 0.2) is 0 Å². The molecule has 0 aliphatic rings. The van der Waals surface area contributed by atoms with Crippen LogP contribution in [0.15, 0.2) is 36.4 Å². The summed E-state index contributed by atoms with van der Waals surface area (Å²) in [6.07, 6.45) is 0. The van der Waals surface area contributed by atoms with Crippen LogP contribution in [0.3, 0.4) is 0 Å². The lowest BCUT2D eigenvalue weighted by Crippen LogP contribution is -2.08. The average molecular weight is 266 g/mol. The van der Waals surface area contributed by atoms with Crippen molar-refractivity contribution in [3.8, 4) is 11.8 Å². The molecule has 0 amide bonds. The van der Waals surface area contributed by atoms with E-state index in [0.717, 1.165) is 22.4 Å². The minimum atomic E-state index is -0.0798. The van der Waals surface area contributed by atoms with Crippen LogP contribution in [0.1, 0.15) is 35.2 Å².